The van der Waals surface area contributed by atoms with E-state index in [0.717, 1.165) is 37.7 Å². The van der Waals surface area contributed by atoms with Gasteiger partial charge in [0.05, 0.1) is 42.2 Å². The maximum Gasteiger partial charge on any atom is 0.338 e. The van der Waals surface area contributed by atoms with Crippen molar-refractivity contribution in [3.63, 3.8) is 0 Å². The quantitative estimate of drug-likeness (QED) is 0.381. The summed E-state index contributed by atoms with van der Waals surface area (Å²) < 4.78 is 24.8. The number of piperidine rings is 1. The molecule has 5 rings (SSSR count). The van der Waals surface area contributed by atoms with Crippen molar-refractivity contribution in [1.29, 1.82) is 0 Å². The first-order valence-corrected chi connectivity index (χ1v) is 14.5. The van der Waals surface area contributed by atoms with Crippen LogP contribution >= 0.6 is 11.3 Å². The highest BCUT2D eigenvalue weighted by Gasteiger charge is 2.34. The number of methoxy groups -OCH3 is 1. The van der Waals surface area contributed by atoms with Gasteiger partial charge in [-0.2, -0.15) is 0 Å². The molecule has 4 heterocycles. The average Bonchev–Trinajstić information content (AvgIpc) is 3.53. The van der Waals surface area contributed by atoms with Crippen molar-refractivity contribution in [2.24, 2.45) is 10.9 Å². The molecule has 1 fully saturated rings. The fraction of sp³-hybridized carbons (Fsp3) is 0.433. The Morgan fingerprint density at radius 1 is 1.15 bits per heavy atom. The molecule has 0 radical (unpaired) electrons. The van der Waals surface area contributed by atoms with Crippen LogP contribution < -0.4 is 29.3 Å². The van der Waals surface area contributed by atoms with E-state index >= 15 is 0 Å². The fourth-order valence-electron chi connectivity index (χ4n) is 5.19. The Kier molecular flexibility index (Phi) is 8.16. The molecule has 2 aliphatic heterocycles. The van der Waals surface area contributed by atoms with Gasteiger partial charge in [-0.1, -0.05) is 24.3 Å². The smallest absolute Gasteiger partial charge is 0.338 e. The summed E-state index contributed by atoms with van der Waals surface area (Å²) in [4.78, 5) is 34.5. The van der Waals surface area contributed by atoms with Crippen molar-refractivity contribution in [2.45, 2.75) is 46.6 Å². The summed E-state index contributed by atoms with van der Waals surface area (Å²) in [5.41, 5.74) is 1.24. The number of furan rings is 1. The molecule has 0 bridgehead atoms. The van der Waals surface area contributed by atoms with Gasteiger partial charge in [0.15, 0.2) is 22.2 Å². The molecule has 1 atom stereocenters. The van der Waals surface area contributed by atoms with Crippen LogP contribution in [0.4, 0.5) is 5.88 Å². The van der Waals surface area contributed by atoms with Crippen LogP contribution in [0.1, 0.15) is 57.9 Å². The van der Waals surface area contributed by atoms with Crippen LogP contribution in [0.2, 0.25) is 0 Å². The predicted molar refractivity (Wildman–Crippen MR) is 154 cm³/mol. The molecule has 1 saturated heterocycles. The lowest BCUT2D eigenvalue weighted by atomic mass is 9.95. The maximum atomic E-state index is 13.9. The molecule has 0 N–H and O–H groups in total. The summed E-state index contributed by atoms with van der Waals surface area (Å²) in [6, 6.07) is 8.51. The monoisotopic (exact) mass is 565 g/mol. The molecule has 10 heteroatoms. The summed E-state index contributed by atoms with van der Waals surface area (Å²) in [6.07, 6.45) is 4.01. The van der Waals surface area contributed by atoms with Crippen LogP contribution in [-0.4, -0.2) is 43.9 Å². The molecule has 0 amide bonds. The van der Waals surface area contributed by atoms with E-state index in [9.17, 15) is 9.59 Å². The highest BCUT2D eigenvalue weighted by molar-refractivity contribution is 7.07. The number of allylic oxidation sites excluding steroid dienone is 1. The Morgan fingerprint density at radius 2 is 1.93 bits per heavy atom. The lowest BCUT2D eigenvalue weighted by Gasteiger charge is -2.29. The van der Waals surface area contributed by atoms with E-state index in [-0.39, 0.29) is 12.2 Å². The Balaban J connectivity index is 1.60. The molecule has 0 aliphatic carbocycles. The van der Waals surface area contributed by atoms with Crippen LogP contribution in [0, 0.1) is 5.92 Å². The van der Waals surface area contributed by atoms with E-state index in [2.05, 4.69) is 16.8 Å². The summed E-state index contributed by atoms with van der Waals surface area (Å²) in [5.74, 6) is 2.71. The zero-order chi connectivity index (χ0) is 28.4. The minimum Gasteiger partial charge on any atom is -0.493 e. The molecular formula is C30H35N3O6S. The number of ether oxygens (including phenoxy) is 3. The minimum absolute atomic E-state index is 0.205. The van der Waals surface area contributed by atoms with E-state index in [0.29, 0.717) is 50.0 Å². The van der Waals surface area contributed by atoms with Crippen LogP contribution in [-0.2, 0) is 9.53 Å². The number of nitrogens with zero attached hydrogens (tertiary/aromatic N) is 3. The third-order valence-electron chi connectivity index (χ3n) is 7.30. The SMILES string of the molecule is CCOC(=O)C1=C(C)N=c2s/c(=C/c3ccc(N4CCC(C)CC4)o3)c(=O)n2[C@H]1c1ccc(OC)c(OCC)c1. The van der Waals surface area contributed by atoms with E-state index in [4.69, 9.17) is 18.6 Å². The van der Waals surface area contributed by atoms with Gasteiger partial charge < -0.3 is 23.5 Å². The Bertz CT molecular complexity index is 1610. The third kappa shape index (κ3) is 5.32. The Hall–Kier alpha value is -3.79. The second-order valence-corrected chi connectivity index (χ2v) is 11.0. The van der Waals surface area contributed by atoms with Gasteiger partial charge in [-0.3, -0.25) is 9.36 Å². The number of hydrogen-bond donors (Lipinski definition) is 0. The Labute approximate surface area is 237 Å². The normalized spacial score (nSPS) is 18.0. The van der Waals surface area contributed by atoms with Gasteiger partial charge in [0.1, 0.15) is 5.76 Å². The first-order valence-electron chi connectivity index (χ1n) is 13.7. The molecule has 9 nitrogen and oxygen atoms in total. The van der Waals surface area contributed by atoms with Gasteiger partial charge in [-0.15, -0.1) is 0 Å². The Morgan fingerprint density at radius 3 is 2.62 bits per heavy atom. The number of aromatic nitrogens is 1. The second kappa shape index (κ2) is 11.8. The molecule has 1 aromatic carbocycles. The van der Waals surface area contributed by atoms with E-state index in [1.807, 2.05) is 25.1 Å². The van der Waals surface area contributed by atoms with Gasteiger partial charge >= 0.3 is 5.97 Å². The lowest BCUT2D eigenvalue weighted by Crippen LogP contribution is -2.40. The zero-order valence-corrected chi connectivity index (χ0v) is 24.4. The van der Waals surface area contributed by atoms with E-state index in [1.165, 1.54) is 11.3 Å². The van der Waals surface area contributed by atoms with Crippen LogP contribution in [0.25, 0.3) is 6.08 Å². The zero-order valence-electron chi connectivity index (χ0n) is 23.6. The second-order valence-electron chi connectivity index (χ2n) is 9.99. The highest BCUT2D eigenvalue weighted by Crippen LogP contribution is 2.36. The van der Waals surface area contributed by atoms with Crippen molar-refractivity contribution in [3.8, 4) is 11.5 Å². The first-order chi connectivity index (χ1) is 19.3. The fourth-order valence-corrected chi connectivity index (χ4v) is 6.21. The molecule has 2 aromatic heterocycles. The standard InChI is InChI=1S/C30H35N3O6S/c1-6-37-23-16-20(8-10-22(23)36-5)27-26(29(35)38-7-2)19(4)31-30-33(27)28(34)24(40-30)17-21-9-11-25(39-21)32-14-12-18(3)13-15-32/h8-11,16-18,27H,6-7,12-15H2,1-5H3/b24-17+/t27-/m0/s1. The van der Waals surface area contributed by atoms with Gasteiger partial charge in [0, 0.05) is 25.2 Å². The van der Waals surface area contributed by atoms with E-state index < -0.39 is 12.0 Å². The summed E-state index contributed by atoms with van der Waals surface area (Å²) in [7, 11) is 1.57. The highest BCUT2D eigenvalue weighted by atomic mass is 32.1. The van der Waals surface area contributed by atoms with Crippen molar-refractivity contribution in [3.05, 3.63) is 72.6 Å². The predicted octanol–water partition coefficient (Wildman–Crippen LogP) is 4.03. The van der Waals surface area contributed by atoms with Gasteiger partial charge in [-0.25, -0.2) is 9.79 Å². The van der Waals surface area contributed by atoms with Crippen molar-refractivity contribution in [2.75, 3.05) is 38.3 Å². The number of hydrogen-bond acceptors (Lipinski definition) is 9. The number of rotatable bonds is 8. The molecule has 0 unspecified atom stereocenters. The van der Waals surface area contributed by atoms with Crippen molar-refractivity contribution < 1.29 is 23.4 Å². The van der Waals surface area contributed by atoms with Gasteiger partial charge in [0.25, 0.3) is 5.56 Å². The number of thiazole rings is 1. The van der Waals surface area contributed by atoms with Gasteiger partial charge in [0.2, 0.25) is 0 Å². The van der Waals surface area contributed by atoms with Crippen LogP contribution in [0.15, 0.2) is 55.8 Å². The maximum absolute atomic E-state index is 13.9. The molecule has 212 valence electrons. The van der Waals surface area contributed by atoms with Crippen LogP contribution in [0.3, 0.4) is 0 Å². The largest absolute Gasteiger partial charge is 0.493 e. The van der Waals surface area contributed by atoms with Gasteiger partial charge in [-0.05, 0) is 63.3 Å². The molecule has 3 aromatic rings. The molecule has 2 aliphatic rings. The lowest BCUT2D eigenvalue weighted by molar-refractivity contribution is -0.139. The number of carbonyl (C=O) groups excluding carboxylic acids is 1. The number of fused-ring (bicyclic) bond motifs is 1. The number of carbonyl (C=O) groups is 1. The van der Waals surface area contributed by atoms with Crippen molar-refractivity contribution in [1.82, 2.24) is 4.57 Å². The van der Waals surface area contributed by atoms with Crippen LogP contribution in [0.5, 0.6) is 11.5 Å². The minimum atomic E-state index is -0.745. The molecule has 40 heavy (non-hydrogen) atoms. The van der Waals surface area contributed by atoms with E-state index in [1.54, 1.807) is 43.7 Å². The average molecular weight is 566 g/mol. The van der Waals surface area contributed by atoms with Crippen molar-refractivity contribution >= 4 is 29.3 Å². The molecule has 0 spiro atoms. The number of esters is 1. The third-order valence-corrected chi connectivity index (χ3v) is 8.28. The summed E-state index contributed by atoms with van der Waals surface area (Å²) in [6.45, 7) is 10.2. The number of benzene rings is 1. The summed E-state index contributed by atoms with van der Waals surface area (Å²) >= 11 is 1.27. The number of anilines is 1. The first kappa shape index (κ1) is 27.8. The molecular weight excluding hydrogens is 530 g/mol. The summed E-state index contributed by atoms with van der Waals surface area (Å²) in [5, 5.41) is 0. The topological polar surface area (TPSA) is 95.5 Å². The molecule has 0 saturated carbocycles.